The van der Waals surface area contributed by atoms with Crippen LogP contribution in [0, 0.1) is 5.92 Å². The standard InChI is InChI=1S/C18H21N5O/c24-18(22-15-2-1-7-21-17(15)13-3-4-13)14-5-10-23(11-6-14)16-12-19-8-9-20-16/h1-2,7-9,12-14H,3-6,10-11H2,(H,22,24). The number of carbonyl (C=O) groups is 1. The van der Waals surface area contributed by atoms with Gasteiger partial charge in [-0.3, -0.25) is 14.8 Å². The second-order valence-electron chi connectivity index (χ2n) is 6.52. The molecule has 2 fully saturated rings. The van der Waals surface area contributed by atoms with Crippen molar-refractivity contribution in [1.29, 1.82) is 0 Å². The molecule has 2 aromatic heterocycles. The van der Waals surface area contributed by atoms with Crippen LogP contribution in [0.15, 0.2) is 36.9 Å². The Morgan fingerprint density at radius 2 is 1.92 bits per heavy atom. The van der Waals surface area contributed by atoms with Crippen molar-refractivity contribution < 1.29 is 4.79 Å². The fraction of sp³-hybridized carbons (Fsp3) is 0.444. The Bertz CT molecular complexity index is 708. The smallest absolute Gasteiger partial charge is 0.227 e. The number of nitrogens with zero attached hydrogens (tertiary/aromatic N) is 4. The predicted octanol–water partition coefficient (Wildman–Crippen LogP) is 2.60. The number of aromatic nitrogens is 3. The third kappa shape index (κ3) is 3.22. The third-order valence-corrected chi connectivity index (χ3v) is 4.80. The first-order valence-electron chi connectivity index (χ1n) is 8.58. The van der Waals surface area contributed by atoms with Crippen LogP contribution in [0.3, 0.4) is 0 Å². The van der Waals surface area contributed by atoms with Gasteiger partial charge in [0.1, 0.15) is 5.82 Å². The summed E-state index contributed by atoms with van der Waals surface area (Å²) in [6, 6.07) is 3.85. The zero-order valence-corrected chi connectivity index (χ0v) is 13.6. The predicted molar refractivity (Wildman–Crippen MR) is 91.8 cm³/mol. The number of piperidine rings is 1. The number of hydrogen-bond donors (Lipinski definition) is 1. The van der Waals surface area contributed by atoms with Gasteiger partial charge in [-0.15, -0.1) is 0 Å². The number of carbonyl (C=O) groups excluding carboxylic acids is 1. The molecule has 1 aliphatic carbocycles. The van der Waals surface area contributed by atoms with E-state index in [2.05, 4.69) is 25.2 Å². The third-order valence-electron chi connectivity index (χ3n) is 4.80. The van der Waals surface area contributed by atoms with Crippen molar-refractivity contribution in [3.8, 4) is 0 Å². The van der Waals surface area contributed by atoms with Gasteiger partial charge < -0.3 is 10.2 Å². The Hall–Kier alpha value is -2.50. The van der Waals surface area contributed by atoms with Gasteiger partial charge in [-0.1, -0.05) is 0 Å². The topological polar surface area (TPSA) is 71.0 Å². The number of pyridine rings is 1. The van der Waals surface area contributed by atoms with E-state index in [1.165, 1.54) is 12.8 Å². The average Bonchev–Trinajstić information content (AvgIpc) is 3.48. The molecule has 0 unspecified atom stereocenters. The Kier molecular flexibility index (Phi) is 4.11. The summed E-state index contributed by atoms with van der Waals surface area (Å²) >= 11 is 0. The summed E-state index contributed by atoms with van der Waals surface area (Å²) in [4.78, 5) is 27.7. The van der Waals surface area contributed by atoms with E-state index in [0.29, 0.717) is 5.92 Å². The second-order valence-corrected chi connectivity index (χ2v) is 6.52. The summed E-state index contributed by atoms with van der Waals surface area (Å²) in [5.41, 5.74) is 1.93. The van der Waals surface area contributed by atoms with Crippen molar-refractivity contribution in [2.75, 3.05) is 23.3 Å². The van der Waals surface area contributed by atoms with Gasteiger partial charge in [0, 0.05) is 43.5 Å². The molecule has 0 aromatic carbocycles. The minimum atomic E-state index is 0.0465. The number of anilines is 2. The molecule has 0 spiro atoms. The zero-order chi connectivity index (χ0) is 16.4. The van der Waals surface area contributed by atoms with E-state index in [4.69, 9.17) is 0 Å². The van der Waals surface area contributed by atoms with E-state index in [-0.39, 0.29) is 11.8 Å². The molecular formula is C18H21N5O. The fourth-order valence-electron chi connectivity index (χ4n) is 3.27. The highest BCUT2D eigenvalue weighted by Gasteiger charge is 2.30. The van der Waals surface area contributed by atoms with Crippen molar-refractivity contribution in [3.05, 3.63) is 42.6 Å². The van der Waals surface area contributed by atoms with Crippen LogP contribution >= 0.6 is 0 Å². The molecule has 3 heterocycles. The SMILES string of the molecule is O=C(Nc1cccnc1C1CC1)C1CCN(c2cnccn2)CC1. The first kappa shape index (κ1) is 15.1. The minimum Gasteiger partial charge on any atom is -0.355 e. The van der Waals surface area contributed by atoms with Gasteiger partial charge >= 0.3 is 0 Å². The average molecular weight is 323 g/mol. The van der Waals surface area contributed by atoms with Crippen LogP contribution in [-0.4, -0.2) is 33.9 Å². The Labute approximate surface area is 141 Å². The highest BCUT2D eigenvalue weighted by atomic mass is 16.1. The summed E-state index contributed by atoms with van der Waals surface area (Å²) in [6.07, 6.45) is 11.0. The molecule has 6 nitrogen and oxygen atoms in total. The minimum absolute atomic E-state index is 0.0465. The maximum Gasteiger partial charge on any atom is 0.227 e. The van der Waals surface area contributed by atoms with E-state index in [1.54, 1.807) is 18.6 Å². The molecular weight excluding hydrogens is 302 g/mol. The molecule has 0 radical (unpaired) electrons. The van der Waals surface area contributed by atoms with Crippen molar-refractivity contribution in [3.63, 3.8) is 0 Å². The van der Waals surface area contributed by atoms with E-state index < -0.39 is 0 Å². The van der Waals surface area contributed by atoms with E-state index in [9.17, 15) is 4.79 Å². The monoisotopic (exact) mass is 323 g/mol. The lowest BCUT2D eigenvalue weighted by atomic mass is 9.95. The van der Waals surface area contributed by atoms with Gasteiger partial charge in [-0.25, -0.2) is 4.98 Å². The van der Waals surface area contributed by atoms with Crippen LogP contribution in [0.2, 0.25) is 0 Å². The maximum atomic E-state index is 12.6. The molecule has 1 amide bonds. The molecule has 4 rings (SSSR count). The molecule has 1 aliphatic heterocycles. The second kappa shape index (κ2) is 6.55. The zero-order valence-electron chi connectivity index (χ0n) is 13.6. The number of rotatable bonds is 4. The first-order chi connectivity index (χ1) is 11.8. The Morgan fingerprint density at radius 3 is 2.62 bits per heavy atom. The normalized spacial score (nSPS) is 18.4. The van der Waals surface area contributed by atoms with Crippen LogP contribution in [0.5, 0.6) is 0 Å². The number of nitrogens with one attached hydrogen (secondary N) is 1. The summed E-state index contributed by atoms with van der Waals surface area (Å²) in [6.45, 7) is 1.67. The quantitative estimate of drug-likeness (QED) is 0.936. The molecule has 24 heavy (non-hydrogen) atoms. The van der Waals surface area contributed by atoms with Crippen molar-refractivity contribution in [2.24, 2.45) is 5.92 Å². The molecule has 1 saturated heterocycles. The summed E-state index contributed by atoms with van der Waals surface area (Å²) < 4.78 is 0. The molecule has 124 valence electrons. The lowest BCUT2D eigenvalue weighted by Crippen LogP contribution is -2.38. The largest absolute Gasteiger partial charge is 0.355 e. The van der Waals surface area contributed by atoms with Crippen molar-refractivity contribution in [1.82, 2.24) is 15.0 Å². The summed E-state index contributed by atoms with van der Waals surface area (Å²) in [7, 11) is 0. The molecule has 6 heteroatoms. The van der Waals surface area contributed by atoms with Crippen LogP contribution in [0.4, 0.5) is 11.5 Å². The van der Waals surface area contributed by atoms with E-state index in [0.717, 1.165) is 43.1 Å². The highest BCUT2D eigenvalue weighted by molar-refractivity contribution is 5.93. The molecule has 0 bridgehead atoms. The van der Waals surface area contributed by atoms with E-state index in [1.807, 2.05) is 18.3 Å². The van der Waals surface area contributed by atoms with Crippen molar-refractivity contribution in [2.45, 2.75) is 31.6 Å². The van der Waals surface area contributed by atoms with Gasteiger partial charge in [0.2, 0.25) is 5.91 Å². The number of amides is 1. The molecule has 1 N–H and O–H groups in total. The summed E-state index contributed by atoms with van der Waals surface area (Å²) in [5, 5.41) is 3.11. The molecule has 0 atom stereocenters. The van der Waals surface area contributed by atoms with Crippen LogP contribution in [-0.2, 0) is 4.79 Å². The summed E-state index contributed by atoms with van der Waals surface area (Å²) in [5.74, 6) is 1.58. The lowest BCUT2D eigenvalue weighted by Gasteiger charge is -2.31. The Balaban J connectivity index is 1.37. The van der Waals surface area contributed by atoms with Gasteiger partial charge in [0.25, 0.3) is 0 Å². The highest BCUT2D eigenvalue weighted by Crippen LogP contribution is 2.42. The molecule has 2 aromatic rings. The first-order valence-corrected chi connectivity index (χ1v) is 8.58. The van der Waals surface area contributed by atoms with Gasteiger partial charge in [0.15, 0.2) is 0 Å². The maximum absolute atomic E-state index is 12.6. The Morgan fingerprint density at radius 1 is 1.08 bits per heavy atom. The lowest BCUT2D eigenvalue weighted by molar-refractivity contribution is -0.120. The van der Waals surface area contributed by atoms with Gasteiger partial charge in [-0.2, -0.15) is 0 Å². The molecule has 1 saturated carbocycles. The molecule has 2 aliphatic rings. The van der Waals surface area contributed by atoms with Crippen LogP contribution in [0.25, 0.3) is 0 Å². The van der Waals surface area contributed by atoms with Gasteiger partial charge in [-0.05, 0) is 37.8 Å². The number of hydrogen-bond acceptors (Lipinski definition) is 5. The van der Waals surface area contributed by atoms with Crippen molar-refractivity contribution >= 4 is 17.4 Å². The van der Waals surface area contributed by atoms with Crippen LogP contribution in [0.1, 0.15) is 37.3 Å². The fourth-order valence-corrected chi connectivity index (χ4v) is 3.27. The van der Waals surface area contributed by atoms with E-state index >= 15 is 0 Å². The van der Waals surface area contributed by atoms with Gasteiger partial charge in [0.05, 0.1) is 17.6 Å². The van der Waals surface area contributed by atoms with Crippen LogP contribution < -0.4 is 10.2 Å².